The van der Waals surface area contributed by atoms with Gasteiger partial charge in [0.15, 0.2) is 5.96 Å². The molecule has 2 aromatic rings. The van der Waals surface area contributed by atoms with Crippen LogP contribution in [0.25, 0.3) is 10.2 Å². The molecular weight excluding hydrogens is 447 g/mol. The maximum absolute atomic E-state index is 5.62. The van der Waals surface area contributed by atoms with E-state index in [1.165, 1.54) is 9.71 Å². The normalized spacial score (nSPS) is 17.5. The number of nitrogens with one attached hydrogen (secondary N) is 2. The molecule has 7 heteroatoms. The molecule has 0 spiro atoms. The van der Waals surface area contributed by atoms with Crippen molar-refractivity contribution in [2.24, 2.45) is 4.99 Å². The van der Waals surface area contributed by atoms with E-state index in [2.05, 4.69) is 45.7 Å². The number of ether oxygens (including phenoxy) is 1. The zero-order chi connectivity index (χ0) is 16.6. The van der Waals surface area contributed by atoms with Crippen molar-refractivity contribution >= 4 is 51.5 Å². The van der Waals surface area contributed by atoms with Crippen LogP contribution in [-0.2, 0) is 11.2 Å². The van der Waals surface area contributed by atoms with Gasteiger partial charge in [-0.3, -0.25) is 4.99 Å². The second-order valence-corrected chi connectivity index (χ2v) is 7.08. The predicted molar refractivity (Wildman–Crippen MR) is 116 cm³/mol. The zero-order valence-electron chi connectivity index (χ0n) is 14.7. The summed E-state index contributed by atoms with van der Waals surface area (Å²) in [5.41, 5.74) is 1.11. The molecular formula is C18H27IN4OS. The van der Waals surface area contributed by atoms with E-state index in [4.69, 9.17) is 4.74 Å². The third-order valence-corrected chi connectivity index (χ3v) is 5.12. The number of thiazole rings is 1. The maximum Gasteiger partial charge on any atom is 0.191 e. The summed E-state index contributed by atoms with van der Waals surface area (Å²) in [6.07, 6.45) is 4.62. The Balaban J connectivity index is 0.00000225. The number of hydrogen-bond donors (Lipinski definition) is 2. The van der Waals surface area contributed by atoms with E-state index in [1.54, 1.807) is 11.3 Å². The summed E-state index contributed by atoms with van der Waals surface area (Å²) in [6, 6.07) is 8.32. The highest BCUT2D eigenvalue weighted by molar-refractivity contribution is 14.0. The summed E-state index contributed by atoms with van der Waals surface area (Å²) < 4.78 is 6.89. The molecule has 2 N–H and O–H groups in total. The molecule has 3 rings (SSSR count). The zero-order valence-corrected chi connectivity index (χ0v) is 17.8. The fourth-order valence-electron chi connectivity index (χ4n) is 2.80. The van der Waals surface area contributed by atoms with Crippen molar-refractivity contribution in [2.75, 3.05) is 26.2 Å². The minimum Gasteiger partial charge on any atom is -0.376 e. The van der Waals surface area contributed by atoms with Crippen LogP contribution in [0.2, 0.25) is 0 Å². The van der Waals surface area contributed by atoms with Crippen molar-refractivity contribution in [2.45, 2.75) is 38.7 Å². The fourth-order valence-corrected chi connectivity index (χ4v) is 3.81. The summed E-state index contributed by atoms with van der Waals surface area (Å²) in [6.45, 7) is 5.48. The Hall–Kier alpha value is -0.930. The van der Waals surface area contributed by atoms with E-state index in [0.717, 1.165) is 63.4 Å². The van der Waals surface area contributed by atoms with E-state index in [1.807, 2.05) is 6.07 Å². The standard InChI is InChI=1S/C18H26N4OS.HI/c1-2-19-18(21-13-14-7-6-12-23-14)20-11-5-10-17-22-15-8-3-4-9-16(15)24-17;/h3-4,8-9,14H,2,5-7,10-13H2,1H3,(H2,19,20,21);1H. The minimum absolute atomic E-state index is 0. The number of rotatable bonds is 7. The van der Waals surface area contributed by atoms with Crippen LogP contribution in [0.15, 0.2) is 29.3 Å². The molecule has 0 aliphatic carbocycles. The van der Waals surface area contributed by atoms with Crippen LogP contribution in [0.4, 0.5) is 0 Å². The number of para-hydroxylation sites is 1. The Morgan fingerprint density at radius 1 is 1.36 bits per heavy atom. The molecule has 0 saturated carbocycles. The summed E-state index contributed by atoms with van der Waals surface area (Å²) >= 11 is 1.79. The monoisotopic (exact) mass is 474 g/mol. The van der Waals surface area contributed by atoms with Gasteiger partial charge in [-0.2, -0.15) is 0 Å². The Morgan fingerprint density at radius 2 is 2.24 bits per heavy atom. The van der Waals surface area contributed by atoms with Crippen LogP contribution in [0.1, 0.15) is 31.2 Å². The summed E-state index contributed by atoms with van der Waals surface area (Å²) in [5.74, 6) is 0.886. The van der Waals surface area contributed by atoms with Crippen LogP contribution in [0.5, 0.6) is 0 Å². The van der Waals surface area contributed by atoms with E-state index < -0.39 is 0 Å². The molecule has 25 heavy (non-hydrogen) atoms. The largest absolute Gasteiger partial charge is 0.376 e. The molecule has 1 fully saturated rings. The van der Waals surface area contributed by atoms with E-state index >= 15 is 0 Å². The minimum atomic E-state index is 0. The first-order valence-electron chi connectivity index (χ1n) is 8.83. The van der Waals surface area contributed by atoms with Crippen molar-refractivity contribution in [3.8, 4) is 0 Å². The van der Waals surface area contributed by atoms with Gasteiger partial charge < -0.3 is 15.4 Å². The smallest absolute Gasteiger partial charge is 0.191 e. The summed E-state index contributed by atoms with van der Waals surface area (Å²) in [4.78, 5) is 9.31. The average Bonchev–Trinajstić information content (AvgIpc) is 3.25. The van der Waals surface area contributed by atoms with Crippen molar-refractivity contribution in [3.63, 3.8) is 0 Å². The second kappa shape index (κ2) is 10.9. The fraction of sp³-hybridized carbons (Fsp3) is 0.556. The molecule has 0 amide bonds. The summed E-state index contributed by atoms with van der Waals surface area (Å²) in [5, 5.41) is 7.91. The molecule has 1 atom stereocenters. The van der Waals surface area contributed by atoms with Gasteiger partial charge in [0.2, 0.25) is 0 Å². The molecule has 1 aliphatic heterocycles. The van der Waals surface area contributed by atoms with Crippen LogP contribution in [-0.4, -0.2) is 43.3 Å². The number of benzene rings is 1. The number of fused-ring (bicyclic) bond motifs is 1. The molecule has 1 aliphatic rings. The topological polar surface area (TPSA) is 58.5 Å². The molecule has 0 radical (unpaired) electrons. The maximum atomic E-state index is 5.62. The molecule has 5 nitrogen and oxygen atoms in total. The van der Waals surface area contributed by atoms with Gasteiger partial charge in [0, 0.05) is 26.1 Å². The first-order valence-corrected chi connectivity index (χ1v) is 9.65. The van der Waals surface area contributed by atoms with Gasteiger partial charge in [0.05, 0.1) is 27.9 Å². The van der Waals surface area contributed by atoms with Gasteiger partial charge in [-0.05, 0) is 38.3 Å². The highest BCUT2D eigenvalue weighted by Gasteiger charge is 2.14. The van der Waals surface area contributed by atoms with Gasteiger partial charge in [0.1, 0.15) is 0 Å². The number of halogens is 1. The third-order valence-electron chi connectivity index (χ3n) is 4.02. The van der Waals surface area contributed by atoms with E-state index in [-0.39, 0.29) is 24.0 Å². The molecule has 0 bridgehead atoms. The van der Waals surface area contributed by atoms with Crippen molar-refractivity contribution in [1.29, 1.82) is 0 Å². The van der Waals surface area contributed by atoms with E-state index in [9.17, 15) is 0 Å². The van der Waals surface area contributed by atoms with Gasteiger partial charge in [-0.25, -0.2) is 4.98 Å². The van der Waals surface area contributed by atoms with Crippen molar-refractivity contribution in [1.82, 2.24) is 15.6 Å². The summed E-state index contributed by atoms with van der Waals surface area (Å²) in [7, 11) is 0. The van der Waals surface area contributed by atoms with Gasteiger partial charge in [-0.1, -0.05) is 12.1 Å². The Morgan fingerprint density at radius 3 is 3.00 bits per heavy atom. The first-order chi connectivity index (χ1) is 11.8. The number of guanidine groups is 1. The van der Waals surface area contributed by atoms with Crippen LogP contribution < -0.4 is 10.6 Å². The van der Waals surface area contributed by atoms with Crippen LogP contribution in [0, 0.1) is 0 Å². The number of aromatic nitrogens is 1. The Labute approximate surface area is 170 Å². The van der Waals surface area contributed by atoms with E-state index in [0.29, 0.717) is 6.10 Å². The number of aliphatic imine (C=N–C) groups is 1. The van der Waals surface area contributed by atoms with Crippen molar-refractivity contribution < 1.29 is 4.74 Å². The molecule has 1 saturated heterocycles. The number of hydrogen-bond acceptors (Lipinski definition) is 4. The first kappa shape index (κ1) is 20.4. The van der Waals surface area contributed by atoms with Gasteiger partial charge in [-0.15, -0.1) is 35.3 Å². The van der Waals surface area contributed by atoms with Crippen molar-refractivity contribution in [3.05, 3.63) is 29.3 Å². The lowest BCUT2D eigenvalue weighted by Crippen LogP contribution is -2.38. The third kappa shape index (κ3) is 6.38. The highest BCUT2D eigenvalue weighted by atomic mass is 127. The Bertz CT molecular complexity index is 637. The quantitative estimate of drug-likeness (QED) is 0.279. The second-order valence-electron chi connectivity index (χ2n) is 5.96. The lowest BCUT2D eigenvalue weighted by molar-refractivity contribution is 0.117. The van der Waals surface area contributed by atoms with Crippen LogP contribution >= 0.6 is 35.3 Å². The number of aryl methyl sites for hydroxylation is 1. The molecule has 1 unspecified atom stereocenters. The number of nitrogens with zero attached hydrogens (tertiary/aromatic N) is 2. The molecule has 138 valence electrons. The SMILES string of the molecule is CCNC(=NCC1CCCO1)NCCCc1nc2ccccc2s1.I. The van der Waals surface area contributed by atoms with Crippen LogP contribution in [0.3, 0.4) is 0 Å². The average molecular weight is 474 g/mol. The highest BCUT2D eigenvalue weighted by Crippen LogP contribution is 2.22. The Kier molecular flexibility index (Phi) is 8.91. The molecule has 2 heterocycles. The lowest BCUT2D eigenvalue weighted by atomic mass is 10.2. The lowest BCUT2D eigenvalue weighted by Gasteiger charge is -2.12. The van der Waals surface area contributed by atoms with Gasteiger partial charge in [0.25, 0.3) is 0 Å². The molecule has 1 aromatic heterocycles. The predicted octanol–water partition coefficient (Wildman–Crippen LogP) is 3.58. The molecule has 1 aromatic carbocycles. The van der Waals surface area contributed by atoms with Gasteiger partial charge >= 0.3 is 0 Å².